The molecule has 0 atom stereocenters. The molecule has 16 heavy (non-hydrogen) atoms. The summed E-state index contributed by atoms with van der Waals surface area (Å²) in [6.07, 6.45) is 2.02. The highest BCUT2D eigenvalue weighted by molar-refractivity contribution is 5.65. The van der Waals surface area contributed by atoms with Gasteiger partial charge in [0.1, 0.15) is 11.6 Å². The summed E-state index contributed by atoms with van der Waals surface area (Å²) >= 11 is 0. The van der Waals surface area contributed by atoms with Crippen LogP contribution in [0.25, 0.3) is 11.1 Å². The molecule has 2 aromatic rings. The fourth-order valence-electron chi connectivity index (χ4n) is 1.58. The van der Waals surface area contributed by atoms with Gasteiger partial charge in [-0.05, 0) is 24.7 Å². The maximum Gasteiger partial charge on any atom is 0.131 e. The van der Waals surface area contributed by atoms with Crippen LogP contribution in [0.4, 0.5) is 8.78 Å². The number of aromatic nitrogens is 2. The minimum absolute atomic E-state index is 0.206. The molecule has 0 radical (unpaired) electrons. The molecule has 0 amide bonds. The first kappa shape index (κ1) is 10.8. The summed E-state index contributed by atoms with van der Waals surface area (Å²) in [6, 6.07) is 3.34. The fraction of sp³-hybridized carbons (Fsp3) is 0.182. The summed E-state index contributed by atoms with van der Waals surface area (Å²) in [4.78, 5) is 0. The van der Waals surface area contributed by atoms with Gasteiger partial charge in [-0.3, -0.25) is 5.10 Å². The van der Waals surface area contributed by atoms with Gasteiger partial charge < -0.3 is 5.73 Å². The van der Waals surface area contributed by atoms with Gasteiger partial charge in [0.05, 0.1) is 6.20 Å². The fourth-order valence-corrected chi connectivity index (χ4v) is 1.58. The molecule has 0 saturated heterocycles. The third-order valence-corrected chi connectivity index (χ3v) is 2.33. The molecule has 0 aliphatic carbocycles. The topological polar surface area (TPSA) is 54.7 Å². The molecule has 0 aliphatic rings. The standard InChI is InChI=1S/C11H11F2N3/c12-7-1-2-10(13)8(5-7)9-6-15-16-11(9)3-4-14/h1-2,5-6H,3-4,14H2,(H,15,16). The lowest BCUT2D eigenvalue weighted by Crippen LogP contribution is -2.04. The Balaban J connectivity index is 2.49. The molecular formula is C11H11F2N3. The quantitative estimate of drug-likeness (QED) is 0.834. The van der Waals surface area contributed by atoms with Crippen molar-refractivity contribution in [3.8, 4) is 11.1 Å². The third-order valence-electron chi connectivity index (χ3n) is 2.33. The van der Waals surface area contributed by atoms with E-state index >= 15 is 0 Å². The second-order valence-corrected chi connectivity index (χ2v) is 3.43. The lowest BCUT2D eigenvalue weighted by Gasteiger charge is -2.03. The summed E-state index contributed by atoms with van der Waals surface area (Å²) in [5.74, 6) is -0.947. The van der Waals surface area contributed by atoms with Crippen molar-refractivity contribution in [3.63, 3.8) is 0 Å². The van der Waals surface area contributed by atoms with Gasteiger partial charge in [0.2, 0.25) is 0 Å². The van der Waals surface area contributed by atoms with Crippen molar-refractivity contribution in [1.29, 1.82) is 0 Å². The van der Waals surface area contributed by atoms with E-state index in [1.54, 1.807) is 0 Å². The lowest BCUT2D eigenvalue weighted by atomic mass is 10.0. The Kier molecular flexibility index (Phi) is 2.96. The van der Waals surface area contributed by atoms with Crippen LogP contribution < -0.4 is 5.73 Å². The van der Waals surface area contributed by atoms with Crippen LogP contribution in [0.1, 0.15) is 5.69 Å². The van der Waals surface area contributed by atoms with Crippen molar-refractivity contribution in [1.82, 2.24) is 10.2 Å². The molecular weight excluding hydrogens is 212 g/mol. The zero-order chi connectivity index (χ0) is 11.5. The van der Waals surface area contributed by atoms with Crippen LogP contribution in [-0.2, 0) is 6.42 Å². The van der Waals surface area contributed by atoms with Crippen LogP contribution >= 0.6 is 0 Å². The van der Waals surface area contributed by atoms with Gasteiger partial charge in [-0.2, -0.15) is 5.10 Å². The summed E-state index contributed by atoms with van der Waals surface area (Å²) in [7, 11) is 0. The molecule has 1 aromatic carbocycles. The SMILES string of the molecule is NCCc1[nH]ncc1-c1cc(F)ccc1F. The van der Waals surface area contributed by atoms with Crippen molar-refractivity contribution < 1.29 is 8.78 Å². The minimum atomic E-state index is -0.476. The van der Waals surface area contributed by atoms with Crippen LogP contribution in [0.3, 0.4) is 0 Å². The van der Waals surface area contributed by atoms with Crippen LogP contribution in [0.2, 0.25) is 0 Å². The Bertz CT molecular complexity index is 494. The Hall–Kier alpha value is -1.75. The number of nitrogens with one attached hydrogen (secondary N) is 1. The van der Waals surface area contributed by atoms with Gasteiger partial charge in [0.25, 0.3) is 0 Å². The number of nitrogens with two attached hydrogens (primary N) is 1. The lowest BCUT2D eigenvalue weighted by molar-refractivity contribution is 0.603. The molecule has 1 aromatic heterocycles. The molecule has 5 heteroatoms. The Morgan fingerprint density at radius 2 is 2.06 bits per heavy atom. The van der Waals surface area contributed by atoms with E-state index in [4.69, 9.17) is 5.73 Å². The molecule has 2 rings (SSSR count). The average Bonchev–Trinajstić information content (AvgIpc) is 2.70. The van der Waals surface area contributed by atoms with Crippen LogP contribution in [0.5, 0.6) is 0 Å². The number of benzene rings is 1. The maximum absolute atomic E-state index is 13.5. The van der Waals surface area contributed by atoms with E-state index in [-0.39, 0.29) is 5.56 Å². The molecule has 84 valence electrons. The summed E-state index contributed by atoms with van der Waals surface area (Å²) in [6.45, 7) is 0.423. The van der Waals surface area contributed by atoms with Gasteiger partial charge in [0, 0.05) is 23.2 Å². The molecule has 3 nitrogen and oxygen atoms in total. The van der Waals surface area contributed by atoms with Gasteiger partial charge >= 0.3 is 0 Å². The van der Waals surface area contributed by atoms with Gasteiger partial charge in [0.15, 0.2) is 0 Å². The summed E-state index contributed by atoms with van der Waals surface area (Å²) in [5.41, 5.74) is 6.90. The molecule has 0 bridgehead atoms. The highest BCUT2D eigenvalue weighted by Crippen LogP contribution is 2.25. The Morgan fingerprint density at radius 3 is 2.81 bits per heavy atom. The molecule has 0 unspecified atom stereocenters. The van der Waals surface area contributed by atoms with Gasteiger partial charge in [-0.1, -0.05) is 0 Å². The largest absolute Gasteiger partial charge is 0.330 e. The monoisotopic (exact) mass is 223 g/mol. The molecule has 0 aliphatic heterocycles. The Morgan fingerprint density at radius 1 is 1.25 bits per heavy atom. The van der Waals surface area contributed by atoms with Gasteiger partial charge in [-0.15, -0.1) is 0 Å². The van der Waals surface area contributed by atoms with Crippen molar-refractivity contribution >= 4 is 0 Å². The Labute approximate surface area is 91.3 Å². The van der Waals surface area contributed by atoms with E-state index in [0.717, 1.165) is 18.2 Å². The normalized spacial score (nSPS) is 10.7. The minimum Gasteiger partial charge on any atom is -0.330 e. The first-order chi connectivity index (χ1) is 7.72. The summed E-state index contributed by atoms with van der Waals surface area (Å²) < 4.78 is 26.5. The first-order valence-corrected chi connectivity index (χ1v) is 4.90. The zero-order valence-electron chi connectivity index (χ0n) is 8.50. The van der Waals surface area contributed by atoms with E-state index in [1.807, 2.05) is 0 Å². The van der Waals surface area contributed by atoms with E-state index < -0.39 is 11.6 Å². The van der Waals surface area contributed by atoms with Gasteiger partial charge in [-0.25, -0.2) is 8.78 Å². The highest BCUT2D eigenvalue weighted by Gasteiger charge is 2.12. The van der Waals surface area contributed by atoms with E-state index in [0.29, 0.717) is 24.2 Å². The molecule has 0 spiro atoms. The number of nitrogens with zero attached hydrogens (tertiary/aromatic N) is 1. The van der Waals surface area contributed by atoms with E-state index in [2.05, 4.69) is 10.2 Å². The second kappa shape index (κ2) is 4.40. The number of H-pyrrole nitrogens is 1. The first-order valence-electron chi connectivity index (χ1n) is 4.90. The second-order valence-electron chi connectivity index (χ2n) is 3.43. The molecule has 1 heterocycles. The summed E-state index contributed by atoms with van der Waals surface area (Å²) in [5, 5.41) is 6.55. The smallest absolute Gasteiger partial charge is 0.131 e. The maximum atomic E-state index is 13.5. The molecule has 0 saturated carbocycles. The van der Waals surface area contributed by atoms with E-state index in [9.17, 15) is 8.78 Å². The molecule has 0 fully saturated rings. The number of halogens is 2. The molecule has 3 N–H and O–H groups in total. The number of hydrogen-bond donors (Lipinski definition) is 2. The predicted molar refractivity (Wildman–Crippen MR) is 56.7 cm³/mol. The van der Waals surface area contributed by atoms with Crippen LogP contribution in [0, 0.1) is 11.6 Å². The van der Waals surface area contributed by atoms with Crippen molar-refractivity contribution in [2.45, 2.75) is 6.42 Å². The number of rotatable bonds is 3. The zero-order valence-corrected chi connectivity index (χ0v) is 8.50. The predicted octanol–water partition coefficient (Wildman–Crippen LogP) is 1.86. The third kappa shape index (κ3) is 1.94. The van der Waals surface area contributed by atoms with Crippen molar-refractivity contribution in [2.24, 2.45) is 5.73 Å². The van der Waals surface area contributed by atoms with E-state index in [1.165, 1.54) is 6.20 Å². The average molecular weight is 223 g/mol. The number of aromatic amines is 1. The highest BCUT2D eigenvalue weighted by atomic mass is 19.1. The van der Waals surface area contributed by atoms with Crippen LogP contribution in [-0.4, -0.2) is 16.7 Å². The number of hydrogen-bond acceptors (Lipinski definition) is 2. The van der Waals surface area contributed by atoms with Crippen molar-refractivity contribution in [3.05, 3.63) is 41.7 Å². The van der Waals surface area contributed by atoms with Crippen molar-refractivity contribution in [2.75, 3.05) is 6.54 Å². The van der Waals surface area contributed by atoms with Crippen LogP contribution in [0.15, 0.2) is 24.4 Å².